The van der Waals surface area contributed by atoms with Crippen molar-refractivity contribution in [2.24, 2.45) is 11.3 Å². The number of nitrogens with zero attached hydrogens (tertiary/aromatic N) is 7. The summed E-state index contributed by atoms with van der Waals surface area (Å²) in [6.07, 6.45) is 4.85. The number of benzene rings is 1. The summed E-state index contributed by atoms with van der Waals surface area (Å²) in [5.74, 6) is 0.871. The number of rotatable bonds is 15. The van der Waals surface area contributed by atoms with Crippen LogP contribution in [-0.4, -0.2) is 114 Å². The predicted molar refractivity (Wildman–Crippen MR) is 178 cm³/mol. The van der Waals surface area contributed by atoms with E-state index in [4.69, 9.17) is 9.47 Å². The highest BCUT2D eigenvalue weighted by molar-refractivity contribution is 5.97. The van der Waals surface area contributed by atoms with Gasteiger partial charge < -0.3 is 24.2 Å². The minimum Gasteiger partial charge on any atom is -0.434 e. The molecule has 4 rings (SSSR count). The number of ether oxygens (including phenoxy) is 2. The van der Waals surface area contributed by atoms with Gasteiger partial charge in [0.15, 0.2) is 5.82 Å². The van der Waals surface area contributed by atoms with Gasteiger partial charge in [-0.15, -0.1) is 10.2 Å². The first-order valence-electron chi connectivity index (χ1n) is 16.7. The van der Waals surface area contributed by atoms with E-state index < -0.39 is 5.82 Å². The maximum absolute atomic E-state index is 14.3. The molecular weight excluding hydrogens is 573 g/mol. The third-order valence-electron chi connectivity index (χ3n) is 8.95. The number of anilines is 1. The lowest BCUT2D eigenvalue weighted by Crippen LogP contribution is -2.62. The zero-order valence-electron chi connectivity index (χ0n) is 29.1. The van der Waals surface area contributed by atoms with Crippen molar-refractivity contribution >= 4 is 11.7 Å². The minimum atomic E-state index is -0.498. The van der Waals surface area contributed by atoms with Gasteiger partial charge in [0.25, 0.3) is 11.8 Å². The van der Waals surface area contributed by atoms with Gasteiger partial charge in [0.05, 0.1) is 12.2 Å². The van der Waals surface area contributed by atoms with Crippen molar-refractivity contribution in [3.63, 3.8) is 0 Å². The molecule has 0 N–H and O–H groups in total. The molecule has 2 aliphatic heterocycles. The van der Waals surface area contributed by atoms with Crippen LogP contribution in [0.1, 0.15) is 78.1 Å². The van der Waals surface area contributed by atoms with Gasteiger partial charge in [-0.25, -0.2) is 9.37 Å². The molecule has 2 saturated heterocycles. The molecular formula is C34H56FN7O3. The Bertz CT molecular complexity index is 1210. The van der Waals surface area contributed by atoms with E-state index in [0.29, 0.717) is 24.3 Å². The fourth-order valence-corrected chi connectivity index (χ4v) is 6.59. The summed E-state index contributed by atoms with van der Waals surface area (Å²) in [6.45, 7) is 21.6. The standard InChI is InChI=1S/C32H50FN7O3.C2H6/c1-8-40(24(4)5)31(41)26-18-25(33)11-12-28(26)43-30-29(34-22-35-36-30)38-15-13-32(19-38)20-39(21-32)27(23(2)3)10-9-14-37(6)16-17-42-7;1-2/h11-12,18,22-24,27H,8-10,13-17,19-21H2,1-7H3;1-2H3. The van der Waals surface area contributed by atoms with Crippen LogP contribution in [0.25, 0.3) is 0 Å². The normalized spacial score (nSPS) is 16.6. The Morgan fingerprint density at radius 2 is 1.87 bits per heavy atom. The molecule has 0 radical (unpaired) electrons. The number of methoxy groups -OCH3 is 1. The van der Waals surface area contributed by atoms with Crippen LogP contribution in [0.4, 0.5) is 10.2 Å². The fraction of sp³-hybridized carbons (Fsp3) is 0.706. The smallest absolute Gasteiger partial charge is 0.282 e. The van der Waals surface area contributed by atoms with Gasteiger partial charge in [0.1, 0.15) is 17.9 Å². The molecule has 1 amide bonds. The van der Waals surface area contributed by atoms with Crippen molar-refractivity contribution in [3.8, 4) is 11.6 Å². The van der Waals surface area contributed by atoms with Crippen LogP contribution in [0.15, 0.2) is 24.5 Å². The monoisotopic (exact) mass is 629 g/mol. The highest BCUT2D eigenvalue weighted by Gasteiger charge is 2.50. The number of likely N-dealkylation sites (tertiary alicyclic amines) is 1. The van der Waals surface area contributed by atoms with Gasteiger partial charge in [0, 0.05) is 63.9 Å². The maximum Gasteiger partial charge on any atom is 0.282 e. The molecule has 1 aromatic carbocycles. The lowest BCUT2D eigenvalue weighted by molar-refractivity contribution is -0.0345. The van der Waals surface area contributed by atoms with Crippen molar-refractivity contribution in [1.29, 1.82) is 0 Å². The Hall–Kier alpha value is -2.89. The molecule has 11 heteroatoms. The van der Waals surface area contributed by atoms with Crippen LogP contribution < -0.4 is 9.64 Å². The molecule has 2 aliphatic rings. The third kappa shape index (κ3) is 9.33. The van der Waals surface area contributed by atoms with Crippen molar-refractivity contribution < 1.29 is 18.7 Å². The molecule has 1 unspecified atom stereocenters. The Kier molecular flexibility index (Phi) is 13.9. The topological polar surface area (TPSA) is 87.2 Å². The number of carbonyl (C=O) groups is 1. The van der Waals surface area contributed by atoms with E-state index in [9.17, 15) is 9.18 Å². The second-order valence-electron chi connectivity index (χ2n) is 12.8. The molecule has 10 nitrogen and oxygen atoms in total. The molecule has 0 bridgehead atoms. The number of halogens is 1. The maximum atomic E-state index is 14.3. The Balaban J connectivity index is 0.00000271. The SMILES string of the molecule is CC.CCN(C(=O)c1cc(F)ccc1Oc1nncnc1N1CCC2(C1)CN(C(CCCN(C)CCOC)C(C)C)C2)C(C)C. The average molecular weight is 630 g/mol. The fourth-order valence-electron chi connectivity index (χ4n) is 6.59. The van der Waals surface area contributed by atoms with Crippen LogP contribution in [0, 0.1) is 17.2 Å². The van der Waals surface area contributed by atoms with Crippen LogP contribution >= 0.6 is 0 Å². The van der Waals surface area contributed by atoms with Crippen molar-refractivity contribution in [3.05, 3.63) is 35.9 Å². The molecule has 2 fully saturated rings. The second-order valence-corrected chi connectivity index (χ2v) is 12.8. The highest BCUT2D eigenvalue weighted by atomic mass is 19.1. The zero-order valence-corrected chi connectivity index (χ0v) is 29.1. The number of likely N-dealkylation sites (N-methyl/N-ethyl adjacent to an activating group) is 1. The summed E-state index contributed by atoms with van der Waals surface area (Å²) in [7, 11) is 3.91. The van der Waals surface area contributed by atoms with Gasteiger partial charge in [-0.1, -0.05) is 27.7 Å². The first-order valence-corrected chi connectivity index (χ1v) is 16.7. The Morgan fingerprint density at radius 3 is 2.51 bits per heavy atom. The summed E-state index contributed by atoms with van der Waals surface area (Å²) < 4.78 is 25.7. The van der Waals surface area contributed by atoms with E-state index in [0.717, 1.165) is 52.3 Å². The lowest BCUT2D eigenvalue weighted by Gasteiger charge is -2.53. The molecule has 45 heavy (non-hydrogen) atoms. The quantitative estimate of drug-likeness (QED) is 0.250. The molecule has 1 atom stereocenters. The number of hydrogen-bond donors (Lipinski definition) is 0. The Morgan fingerprint density at radius 1 is 1.13 bits per heavy atom. The largest absolute Gasteiger partial charge is 0.434 e. The van der Waals surface area contributed by atoms with Crippen molar-refractivity contribution in [2.75, 3.05) is 71.5 Å². The van der Waals surface area contributed by atoms with Crippen LogP contribution in [0.5, 0.6) is 11.6 Å². The summed E-state index contributed by atoms with van der Waals surface area (Å²) in [5.41, 5.74) is 0.366. The Labute approximate surface area is 270 Å². The molecule has 0 aliphatic carbocycles. The first-order chi connectivity index (χ1) is 21.6. The van der Waals surface area contributed by atoms with Crippen molar-refractivity contribution in [1.82, 2.24) is 29.9 Å². The van der Waals surface area contributed by atoms with Crippen LogP contribution in [-0.2, 0) is 4.74 Å². The number of aromatic nitrogens is 3. The summed E-state index contributed by atoms with van der Waals surface area (Å²) in [6, 6.07) is 4.52. The highest BCUT2D eigenvalue weighted by Crippen LogP contribution is 2.44. The number of amides is 1. The summed E-state index contributed by atoms with van der Waals surface area (Å²) in [5, 5.41) is 8.21. The molecule has 3 heterocycles. The molecule has 1 spiro atoms. The molecule has 2 aromatic rings. The molecule has 1 aromatic heterocycles. The summed E-state index contributed by atoms with van der Waals surface area (Å²) in [4.78, 5) is 26.8. The van der Waals surface area contributed by atoms with Crippen molar-refractivity contribution in [2.45, 2.75) is 79.8 Å². The van der Waals surface area contributed by atoms with Gasteiger partial charge in [-0.3, -0.25) is 9.69 Å². The minimum absolute atomic E-state index is 0.0391. The number of hydrogen-bond acceptors (Lipinski definition) is 9. The van der Waals surface area contributed by atoms with E-state index in [1.807, 2.05) is 34.6 Å². The van der Waals surface area contributed by atoms with E-state index in [1.165, 1.54) is 37.4 Å². The molecule has 252 valence electrons. The predicted octanol–water partition coefficient (Wildman–Crippen LogP) is 5.59. The van der Waals surface area contributed by atoms with Crippen LogP contribution in [0.3, 0.4) is 0 Å². The van der Waals surface area contributed by atoms with Crippen LogP contribution in [0.2, 0.25) is 0 Å². The first kappa shape index (κ1) is 36.6. The van der Waals surface area contributed by atoms with Gasteiger partial charge in [-0.2, -0.15) is 0 Å². The number of carbonyl (C=O) groups excluding carboxylic acids is 1. The van der Waals surface area contributed by atoms with Gasteiger partial charge in [-0.05, 0) is 77.7 Å². The average Bonchev–Trinajstić information content (AvgIpc) is 3.45. The van der Waals surface area contributed by atoms with E-state index in [2.05, 4.69) is 50.8 Å². The molecule has 0 saturated carbocycles. The van der Waals surface area contributed by atoms with Gasteiger partial charge in [0.2, 0.25) is 0 Å². The third-order valence-corrected chi connectivity index (χ3v) is 8.95. The van der Waals surface area contributed by atoms with E-state index in [1.54, 1.807) is 12.0 Å². The van der Waals surface area contributed by atoms with Gasteiger partial charge >= 0.3 is 0 Å². The second kappa shape index (κ2) is 17.1. The zero-order chi connectivity index (χ0) is 33.1. The summed E-state index contributed by atoms with van der Waals surface area (Å²) >= 11 is 0. The van der Waals surface area contributed by atoms with E-state index in [-0.39, 0.29) is 34.6 Å². The van der Waals surface area contributed by atoms with E-state index >= 15 is 0 Å². The lowest BCUT2D eigenvalue weighted by atomic mass is 9.76.